The molecule has 0 spiro atoms. The molecule has 0 saturated carbocycles. The van der Waals surface area contributed by atoms with E-state index in [0.717, 1.165) is 29.9 Å². The molecule has 0 bridgehead atoms. The minimum Gasteiger partial charge on any atom is -0.345 e. The van der Waals surface area contributed by atoms with Gasteiger partial charge in [0.2, 0.25) is 35.4 Å². The third-order valence-corrected chi connectivity index (χ3v) is 9.81. The van der Waals surface area contributed by atoms with Crippen LogP contribution in [0.5, 0.6) is 0 Å². The maximum absolute atomic E-state index is 12.8. The van der Waals surface area contributed by atoms with Gasteiger partial charge in [-0.15, -0.1) is 11.8 Å². The Morgan fingerprint density at radius 1 is 0.886 bits per heavy atom. The highest BCUT2D eigenvalue weighted by Crippen LogP contribution is 2.37. The van der Waals surface area contributed by atoms with Gasteiger partial charge in [-0.2, -0.15) is 11.8 Å². The molecule has 12 nitrogen and oxygen atoms in total. The van der Waals surface area contributed by atoms with Crippen LogP contribution in [-0.4, -0.2) is 100 Å². The summed E-state index contributed by atoms with van der Waals surface area (Å²) >= 11 is 2.80. The Bertz CT molecular complexity index is 1060. The Labute approximate surface area is 270 Å². The van der Waals surface area contributed by atoms with Crippen LogP contribution in [-0.2, 0) is 33.6 Å². The van der Waals surface area contributed by atoms with E-state index in [0.29, 0.717) is 12.3 Å². The van der Waals surface area contributed by atoms with Crippen LogP contribution in [0.2, 0.25) is 0 Å². The van der Waals surface area contributed by atoms with E-state index in [2.05, 4.69) is 21.3 Å². The molecule has 5 atom stereocenters. The van der Waals surface area contributed by atoms with E-state index in [4.69, 9.17) is 7.85 Å². The maximum atomic E-state index is 12.8. The van der Waals surface area contributed by atoms with Crippen LogP contribution in [0.1, 0.15) is 87.0 Å². The van der Waals surface area contributed by atoms with Gasteiger partial charge in [0, 0.05) is 25.8 Å². The van der Waals surface area contributed by atoms with Gasteiger partial charge in [0.05, 0.1) is 19.0 Å². The van der Waals surface area contributed by atoms with Gasteiger partial charge < -0.3 is 26.1 Å². The lowest BCUT2D eigenvalue weighted by atomic mass is 9.79. The summed E-state index contributed by atoms with van der Waals surface area (Å²) in [6.07, 6.45) is 3.19. The van der Waals surface area contributed by atoms with Gasteiger partial charge in [-0.3, -0.25) is 33.7 Å². The Balaban J connectivity index is 2.38. The molecule has 246 valence electrons. The number of carbonyl (C=O) groups is 7. The highest BCUT2D eigenvalue weighted by atomic mass is 32.2. The van der Waals surface area contributed by atoms with Crippen molar-refractivity contribution in [3.8, 4) is 0 Å². The number of hydrogen-bond donors (Lipinski definition) is 4. The van der Waals surface area contributed by atoms with Crippen molar-refractivity contribution < 1.29 is 33.6 Å². The van der Waals surface area contributed by atoms with Crippen LogP contribution >= 0.6 is 23.5 Å². The molecule has 4 N–H and O–H groups in total. The van der Waals surface area contributed by atoms with Gasteiger partial charge in [-0.25, -0.2) is 0 Å². The quantitative estimate of drug-likeness (QED) is 0.0654. The average Bonchev–Trinajstić information content (AvgIpc) is 3.18. The number of carbonyl (C=O) groups excluding carboxylic acids is 7. The average molecular weight is 654 g/mol. The third kappa shape index (κ3) is 14.0. The molecule has 6 amide bonds. The molecule has 0 aliphatic carbocycles. The van der Waals surface area contributed by atoms with E-state index in [1.165, 1.54) is 32.5 Å². The topological polar surface area (TPSA) is 171 Å². The fourth-order valence-corrected chi connectivity index (χ4v) is 6.06. The summed E-state index contributed by atoms with van der Waals surface area (Å²) in [6, 6.07) is -2.79. The Hall–Kier alpha value is -2.55. The lowest BCUT2D eigenvalue weighted by molar-refractivity contribution is -0.139. The van der Waals surface area contributed by atoms with E-state index < -0.39 is 45.7 Å². The summed E-state index contributed by atoms with van der Waals surface area (Å²) in [5.74, 6) is -1.33. The molecule has 1 fully saturated rings. The molecule has 1 saturated heterocycles. The number of rotatable bonds is 20. The number of hydrogen-bond acceptors (Lipinski definition) is 9. The predicted octanol–water partition coefficient (Wildman–Crippen LogP) is 1.25. The van der Waals surface area contributed by atoms with Gasteiger partial charge in [-0.1, -0.05) is 27.2 Å². The van der Waals surface area contributed by atoms with E-state index in [-0.39, 0.29) is 48.8 Å². The van der Waals surface area contributed by atoms with Crippen molar-refractivity contribution in [2.24, 2.45) is 5.92 Å². The van der Waals surface area contributed by atoms with Crippen molar-refractivity contribution in [3.63, 3.8) is 0 Å². The number of thioether (sulfide) groups is 2. The number of likely N-dealkylation sites (tertiary alicyclic amines) is 1. The summed E-state index contributed by atoms with van der Waals surface area (Å²) in [5, 5.41) is 9.71. The summed E-state index contributed by atoms with van der Waals surface area (Å²) in [6.45, 7) is 11.6. The van der Waals surface area contributed by atoms with Crippen molar-refractivity contribution >= 4 is 72.6 Å². The summed E-state index contributed by atoms with van der Waals surface area (Å²) in [7, 11) is 6.26. The first kappa shape index (κ1) is 39.5. The molecule has 1 heterocycles. The zero-order valence-corrected chi connectivity index (χ0v) is 28.6. The highest BCUT2D eigenvalue weighted by molar-refractivity contribution is 8.03. The highest BCUT2D eigenvalue weighted by Gasteiger charge is 2.42. The van der Waals surface area contributed by atoms with Crippen molar-refractivity contribution in [1.29, 1.82) is 0 Å². The molecule has 2 radical (unpaired) electrons. The Morgan fingerprint density at radius 2 is 1.45 bits per heavy atom. The number of Topliss-reactive ketones (excluding diaryl/α,β-unsaturated/α-hetero) is 1. The predicted molar refractivity (Wildman–Crippen MR) is 174 cm³/mol. The number of ketones is 1. The number of unbranched alkanes of at least 4 members (excludes halogenated alkanes) is 2. The van der Waals surface area contributed by atoms with Crippen LogP contribution in [0.3, 0.4) is 0 Å². The molecule has 0 aromatic rings. The minimum absolute atomic E-state index is 0.0205. The standard InChI is InChI=1S/C29H48BN5O7S2/c1-17(2)29(7,30)44-22-15-24(38)35(28(22)42)13-12-23(37)32-20(5)26(40)34-21(6)27(41)33-19(4)25(39)31-16-43-14-10-8-9-11-18(3)36/h17,19-22H,8-16H2,1-7H3,(H,31,39)(H,32,37)(H,33,41)(H,34,40). The third-order valence-electron chi connectivity index (χ3n) is 7.25. The van der Waals surface area contributed by atoms with Gasteiger partial charge in [0.15, 0.2) is 0 Å². The van der Waals surface area contributed by atoms with Gasteiger partial charge in [-0.05, 0) is 56.9 Å². The number of imide groups is 1. The van der Waals surface area contributed by atoms with Crippen LogP contribution in [0, 0.1) is 5.92 Å². The van der Waals surface area contributed by atoms with E-state index in [1.54, 1.807) is 18.7 Å². The first-order valence-electron chi connectivity index (χ1n) is 15.0. The van der Waals surface area contributed by atoms with Crippen LogP contribution < -0.4 is 21.3 Å². The molecular weight excluding hydrogens is 605 g/mol. The monoisotopic (exact) mass is 653 g/mol. The zero-order chi connectivity index (χ0) is 33.6. The van der Waals surface area contributed by atoms with E-state index in [1.807, 2.05) is 20.8 Å². The minimum atomic E-state index is -0.991. The lowest BCUT2D eigenvalue weighted by Gasteiger charge is -2.31. The smallest absolute Gasteiger partial charge is 0.242 e. The molecule has 0 aromatic heterocycles. The van der Waals surface area contributed by atoms with Crippen LogP contribution in [0.15, 0.2) is 0 Å². The molecule has 5 unspecified atom stereocenters. The van der Waals surface area contributed by atoms with Gasteiger partial charge in [0.1, 0.15) is 23.9 Å². The van der Waals surface area contributed by atoms with Gasteiger partial charge in [0.25, 0.3) is 0 Å². The van der Waals surface area contributed by atoms with Crippen molar-refractivity contribution in [3.05, 3.63) is 0 Å². The summed E-state index contributed by atoms with van der Waals surface area (Å²) in [5.41, 5.74) is 0. The van der Waals surface area contributed by atoms with Crippen molar-refractivity contribution in [2.45, 2.75) is 115 Å². The number of amides is 6. The van der Waals surface area contributed by atoms with Crippen molar-refractivity contribution in [1.82, 2.24) is 26.2 Å². The number of nitrogens with zero attached hydrogens (tertiary/aromatic N) is 1. The number of nitrogens with one attached hydrogen (secondary N) is 4. The molecule has 1 aliphatic rings. The van der Waals surface area contributed by atoms with E-state index in [9.17, 15) is 33.6 Å². The fourth-order valence-electron chi connectivity index (χ4n) is 3.93. The molecular formula is C29H48BN5O7S2. The lowest BCUT2D eigenvalue weighted by Crippen LogP contribution is -2.54. The second-order valence-corrected chi connectivity index (χ2v) is 14.4. The zero-order valence-electron chi connectivity index (χ0n) is 26.9. The molecule has 1 aliphatic heterocycles. The van der Waals surface area contributed by atoms with Crippen LogP contribution in [0.4, 0.5) is 0 Å². The molecule has 15 heteroatoms. The molecule has 0 aromatic carbocycles. The second kappa shape index (κ2) is 19.1. The Morgan fingerprint density at radius 3 is 2.02 bits per heavy atom. The summed E-state index contributed by atoms with van der Waals surface area (Å²) in [4.78, 5) is 87.0. The molecule has 44 heavy (non-hydrogen) atoms. The normalized spacial score (nSPS) is 18.3. The van der Waals surface area contributed by atoms with Crippen LogP contribution in [0.25, 0.3) is 0 Å². The van der Waals surface area contributed by atoms with Crippen molar-refractivity contribution in [2.75, 3.05) is 18.2 Å². The Kier molecular flexibility index (Phi) is 17.1. The maximum Gasteiger partial charge on any atom is 0.242 e. The second-order valence-electron chi connectivity index (χ2n) is 11.6. The first-order valence-corrected chi connectivity index (χ1v) is 17.1. The largest absolute Gasteiger partial charge is 0.345 e. The van der Waals surface area contributed by atoms with Gasteiger partial charge >= 0.3 is 0 Å². The first-order chi connectivity index (χ1) is 20.5. The van der Waals surface area contributed by atoms with E-state index >= 15 is 0 Å². The fraction of sp³-hybridized carbons (Fsp3) is 0.759. The molecule has 1 rings (SSSR count). The SMILES string of the molecule is [B]C(C)(SC1CC(=O)N(CCC(=O)NC(C)C(=O)NC(C)C(=O)NC(C)C(=O)NCSCCCCCC(C)=O)C1=O)C(C)C. The summed E-state index contributed by atoms with van der Waals surface area (Å²) < 4.78 is -0.687.